The Hall–Kier alpha value is -0.860. The molecule has 0 aromatic rings. The summed E-state index contributed by atoms with van der Waals surface area (Å²) < 4.78 is 6.45. The van der Waals surface area contributed by atoms with Crippen molar-refractivity contribution in [1.82, 2.24) is 0 Å². The van der Waals surface area contributed by atoms with Crippen molar-refractivity contribution in [2.75, 3.05) is 0 Å². The topological polar surface area (TPSA) is 43.4 Å². The monoisotopic (exact) mass is 454 g/mol. The Morgan fingerprint density at radius 1 is 0.758 bits per heavy atom. The van der Waals surface area contributed by atoms with Gasteiger partial charge in [-0.2, -0.15) is 0 Å². The van der Waals surface area contributed by atoms with E-state index in [1.807, 2.05) is 0 Å². The number of carbonyl (C=O) groups excluding carboxylic acids is 2. The Morgan fingerprint density at radius 2 is 1.48 bits per heavy atom. The lowest BCUT2D eigenvalue weighted by molar-refractivity contribution is -0.249. The molecule has 1 aliphatic heterocycles. The zero-order valence-electron chi connectivity index (χ0n) is 22.2. The summed E-state index contributed by atoms with van der Waals surface area (Å²) in [5.74, 6) is 2.34. The molecule has 184 valence electrons. The van der Waals surface area contributed by atoms with Gasteiger partial charge in [0.1, 0.15) is 11.9 Å². The number of esters is 1. The lowest BCUT2D eigenvalue weighted by Crippen LogP contribution is -2.70. The van der Waals surface area contributed by atoms with Crippen LogP contribution in [-0.4, -0.2) is 17.9 Å². The highest BCUT2D eigenvalue weighted by atomic mass is 16.6. The first kappa shape index (κ1) is 22.6. The molecule has 0 spiro atoms. The largest absolute Gasteiger partial charge is 0.461 e. The van der Waals surface area contributed by atoms with Crippen LogP contribution in [-0.2, 0) is 14.3 Å². The van der Waals surface area contributed by atoms with Crippen LogP contribution in [0.2, 0.25) is 0 Å². The van der Waals surface area contributed by atoms with Crippen molar-refractivity contribution >= 4 is 11.8 Å². The van der Waals surface area contributed by atoms with E-state index in [0.717, 1.165) is 51.4 Å². The van der Waals surface area contributed by atoms with Crippen LogP contribution in [0.4, 0.5) is 0 Å². The van der Waals surface area contributed by atoms with E-state index in [9.17, 15) is 9.59 Å². The van der Waals surface area contributed by atoms with E-state index >= 15 is 0 Å². The van der Waals surface area contributed by atoms with Crippen LogP contribution in [0.15, 0.2) is 0 Å². The third-order valence-electron chi connectivity index (χ3n) is 13.8. The van der Waals surface area contributed by atoms with Gasteiger partial charge in [0.05, 0.1) is 5.41 Å². The van der Waals surface area contributed by atoms with Crippen molar-refractivity contribution in [3.8, 4) is 0 Å². The van der Waals surface area contributed by atoms with Gasteiger partial charge in [-0.3, -0.25) is 9.59 Å². The van der Waals surface area contributed by atoms with Crippen molar-refractivity contribution in [3.05, 3.63) is 0 Å². The molecule has 0 aromatic heterocycles. The molecule has 6 aliphatic rings. The molecular formula is C30H46O3. The summed E-state index contributed by atoms with van der Waals surface area (Å²) in [6, 6.07) is 0. The first-order valence-electron chi connectivity index (χ1n) is 14.0. The van der Waals surface area contributed by atoms with Crippen LogP contribution in [0.1, 0.15) is 113 Å². The summed E-state index contributed by atoms with van der Waals surface area (Å²) in [7, 11) is 0. The summed E-state index contributed by atoms with van der Waals surface area (Å²) in [5.41, 5.74) is 0.470. The van der Waals surface area contributed by atoms with E-state index in [1.54, 1.807) is 0 Å². The third-order valence-corrected chi connectivity index (χ3v) is 13.8. The van der Waals surface area contributed by atoms with Crippen molar-refractivity contribution < 1.29 is 14.3 Å². The maximum Gasteiger partial charge on any atom is 0.313 e. The molecule has 0 N–H and O–H groups in total. The number of rotatable bonds is 0. The number of ketones is 1. The fourth-order valence-corrected chi connectivity index (χ4v) is 11.7. The second-order valence-electron chi connectivity index (χ2n) is 15.3. The smallest absolute Gasteiger partial charge is 0.313 e. The van der Waals surface area contributed by atoms with Crippen LogP contribution in [0.3, 0.4) is 0 Å². The zero-order valence-corrected chi connectivity index (χ0v) is 22.2. The highest BCUT2D eigenvalue weighted by Crippen LogP contribution is 2.80. The number of Topliss-reactive ketones (excluding diaryl/α,β-unsaturated/α-hetero) is 1. The highest BCUT2D eigenvalue weighted by molar-refractivity contribution is 5.83. The van der Waals surface area contributed by atoms with E-state index in [-0.39, 0.29) is 45.1 Å². The summed E-state index contributed by atoms with van der Waals surface area (Å²) in [6.45, 7) is 17.0. The predicted molar refractivity (Wildman–Crippen MR) is 129 cm³/mol. The average Bonchev–Trinajstić information content (AvgIpc) is 2.88. The molecule has 10 unspecified atom stereocenters. The molecular weight excluding hydrogens is 408 g/mol. The van der Waals surface area contributed by atoms with Crippen LogP contribution in [0.25, 0.3) is 0 Å². The molecule has 3 heteroatoms. The molecule has 2 bridgehead atoms. The molecule has 0 radical (unpaired) electrons. The number of carbonyl (C=O) groups is 2. The normalized spacial score (nSPS) is 59.1. The van der Waals surface area contributed by atoms with Crippen LogP contribution in [0.5, 0.6) is 0 Å². The molecule has 6 fully saturated rings. The molecule has 5 aliphatic carbocycles. The zero-order chi connectivity index (χ0) is 23.8. The average molecular weight is 455 g/mol. The van der Waals surface area contributed by atoms with Crippen molar-refractivity contribution in [1.29, 1.82) is 0 Å². The molecule has 33 heavy (non-hydrogen) atoms. The highest BCUT2D eigenvalue weighted by Gasteiger charge is 2.81. The van der Waals surface area contributed by atoms with Crippen molar-refractivity contribution in [2.45, 2.75) is 119 Å². The minimum absolute atomic E-state index is 0.0687. The SMILES string of the molecule is CC1C(=O)CCC2C1(C)CCC1C2(C)CCC23C(=O)OC(CC4(C)CCC(C)(C)CC42)C13C. The first-order valence-corrected chi connectivity index (χ1v) is 14.0. The summed E-state index contributed by atoms with van der Waals surface area (Å²) in [5, 5.41) is 0. The van der Waals surface area contributed by atoms with Gasteiger partial charge in [0, 0.05) is 17.8 Å². The van der Waals surface area contributed by atoms with Gasteiger partial charge >= 0.3 is 5.97 Å². The van der Waals surface area contributed by atoms with Crippen molar-refractivity contribution in [2.24, 2.45) is 56.2 Å². The van der Waals surface area contributed by atoms with Gasteiger partial charge in [-0.15, -0.1) is 0 Å². The Morgan fingerprint density at radius 3 is 2.21 bits per heavy atom. The summed E-state index contributed by atoms with van der Waals surface area (Å²) in [6.07, 6.45) is 11.0. The molecule has 6 rings (SSSR count). The minimum Gasteiger partial charge on any atom is -0.461 e. The van der Waals surface area contributed by atoms with E-state index in [2.05, 4.69) is 48.5 Å². The molecule has 0 aromatic carbocycles. The Bertz CT molecular complexity index is 922. The molecule has 5 saturated carbocycles. The van der Waals surface area contributed by atoms with E-state index in [4.69, 9.17) is 4.74 Å². The van der Waals surface area contributed by atoms with Crippen LogP contribution >= 0.6 is 0 Å². The number of fused-ring (bicyclic) bond motifs is 4. The van der Waals surface area contributed by atoms with E-state index in [0.29, 0.717) is 29.0 Å². The van der Waals surface area contributed by atoms with Gasteiger partial charge in [0.15, 0.2) is 0 Å². The Labute approximate surface area is 201 Å². The maximum absolute atomic E-state index is 14.0. The van der Waals surface area contributed by atoms with Gasteiger partial charge in [0.25, 0.3) is 0 Å². The molecule has 3 nitrogen and oxygen atoms in total. The van der Waals surface area contributed by atoms with Crippen LogP contribution < -0.4 is 0 Å². The van der Waals surface area contributed by atoms with E-state index < -0.39 is 0 Å². The van der Waals surface area contributed by atoms with Gasteiger partial charge in [-0.05, 0) is 97.2 Å². The second kappa shape index (κ2) is 6.28. The molecule has 1 heterocycles. The van der Waals surface area contributed by atoms with E-state index in [1.165, 1.54) is 12.8 Å². The standard InChI is InChI=1S/C30H46O3/c1-18-19(31)8-9-20-27(18,5)11-10-21-28(20,6)14-15-30-22-16-25(2,3)12-13-26(22,4)17-23(29(21,30)7)33-24(30)32/h18,20-23H,8-17H2,1-7H3. The van der Waals surface area contributed by atoms with Gasteiger partial charge < -0.3 is 4.74 Å². The lowest BCUT2D eigenvalue weighted by Gasteiger charge is -2.72. The quantitative estimate of drug-likeness (QED) is 0.371. The molecule has 1 saturated heterocycles. The number of ether oxygens (including phenoxy) is 1. The molecule has 0 amide bonds. The number of hydrogen-bond acceptors (Lipinski definition) is 3. The third kappa shape index (κ3) is 2.39. The predicted octanol–water partition coefficient (Wildman–Crippen LogP) is 6.97. The maximum atomic E-state index is 14.0. The van der Waals surface area contributed by atoms with Crippen molar-refractivity contribution in [3.63, 3.8) is 0 Å². The minimum atomic E-state index is -0.309. The first-order chi connectivity index (χ1) is 15.2. The van der Waals surface area contributed by atoms with Crippen LogP contribution in [0, 0.1) is 56.2 Å². The molecule has 10 atom stereocenters. The second-order valence-corrected chi connectivity index (χ2v) is 15.3. The summed E-state index contributed by atoms with van der Waals surface area (Å²) in [4.78, 5) is 26.7. The van der Waals surface area contributed by atoms with Gasteiger partial charge in [-0.1, -0.05) is 48.5 Å². The summed E-state index contributed by atoms with van der Waals surface area (Å²) >= 11 is 0. The lowest BCUT2D eigenvalue weighted by atomic mass is 9.30. The Balaban J connectivity index is 1.47. The fraction of sp³-hybridized carbons (Fsp3) is 0.933. The Kier molecular flexibility index (Phi) is 4.30. The van der Waals surface area contributed by atoms with Gasteiger partial charge in [-0.25, -0.2) is 0 Å². The van der Waals surface area contributed by atoms with Gasteiger partial charge in [0.2, 0.25) is 0 Å². The number of hydrogen-bond donors (Lipinski definition) is 0. The fourth-order valence-electron chi connectivity index (χ4n) is 11.7.